The van der Waals surface area contributed by atoms with Crippen molar-refractivity contribution in [2.75, 3.05) is 0 Å². The molecule has 1 saturated heterocycles. The zero-order chi connectivity index (χ0) is 14.8. The lowest BCUT2D eigenvalue weighted by atomic mass is 9.64. The summed E-state index contributed by atoms with van der Waals surface area (Å²) >= 11 is 0. The van der Waals surface area contributed by atoms with Crippen LogP contribution in [-0.2, 0) is 16.0 Å². The minimum Gasteiger partial charge on any atom is -0.296 e. The Balaban J connectivity index is 2.16. The summed E-state index contributed by atoms with van der Waals surface area (Å²) in [6, 6.07) is 10.2. The van der Waals surface area contributed by atoms with E-state index in [1.165, 1.54) is 5.56 Å². The summed E-state index contributed by atoms with van der Waals surface area (Å²) in [6.07, 6.45) is 2.20. The highest BCUT2D eigenvalue weighted by Gasteiger charge is 2.46. The summed E-state index contributed by atoms with van der Waals surface area (Å²) in [6.45, 7) is 6.19. The predicted molar refractivity (Wildman–Crippen MR) is 79.0 cm³/mol. The van der Waals surface area contributed by atoms with Crippen LogP contribution >= 0.6 is 0 Å². The minimum atomic E-state index is -0.247. The van der Waals surface area contributed by atoms with E-state index in [0.717, 1.165) is 12.8 Å². The van der Waals surface area contributed by atoms with Crippen molar-refractivity contribution < 1.29 is 9.59 Å². The number of rotatable bonds is 4. The molecular formula is C17H23NO2. The molecule has 0 spiro atoms. The molecule has 2 amide bonds. The first-order valence-corrected chi connectivity index (χ1v) is 7.30. The molecule has 1 aromatic carbocycles. The van der Waals surface area contributed by atoms with Gasteiger partial charge < -0.3 is 0 Å². The van der Waals surface area contributed by atoms with E-state index in [-0.39, 0.29) is 29.1 Å². The van der Waals surface area contributed by atoms with E-state index in [1.54, 1.807) is 0 Å². The molecule has 1 N–H and O–H groups in total. The third-order valence-electron chi connectivity index (χ3n) is 4.35. The fourth-order valence-corrected chi connectivity index (χ4v) is 3.48. The number of imide groups is 1. The topological polar surface area (TPSA) is 46.2 Å². The normalized spacial score (nSPS) is 26.7. The van der Waals surface area contributed by atoms with Crippen LogP contribution in [0.15, 0.2) is 30.3 Å². The molecule has 1 fully saturated rings. The number of hydrogen-bond acceptors (Lipinski definition) is 2. The zero-order valence-corrected chi connectivity index (χ0v) is 12.5. The van der Waals surface area contributed by atoms with Crippen molar-refractivity contribution in [2.45, 2.75) is 40.0 Å². The Kier molecular flexibility index (Phi) is 4.26. The predicted octanol–water partition coefficient (Wildman–Crippen LogP) is 2.94. The average molecular weight is 273 g/mol. The maximum Gasteiger partial charge on any atom is 0.230 e. The molecule has 0 aromatic heterocycles. The molecule has 3 nitrogen and oxygen atoms in total. The molecule has 20 heavy (non-hydrogen) atoms. The van der Waals surface area contributed by atoms with Gasteiger partial charge in [-0.15, -0.1) is 0 Å². The van der Waals surface area contributed by atoms with Crippen molar-refractivity contribution in [1.82, 2.24) is 5.32 Å². The van der Waals surface area contributed by atoms with Crippen LogP contribution in [0.5, 0.6) is 0 Å². The van der Waals surface area contributed by atoms with Crippen molar-refractivity contribution >= 4 is 11.8 Å². The second-order valence-electron chi connectivity index (χ2n) is 6.45. The van der Waals surface area contributed by atoms with Crippen molar-refractivity contribution in [3.05, 3.63) is 35.9 Å². The maximum absolute atomic E-state index is 12.1. The van der Waals surface area contributed by atoms with Crippen LogP contribution in [0.25, 0.3) is 0 Å². The van der Waals surface area contributed by atoms with Crippen LogP contribution in [0.4, 0.5) is 0 Å². The fourth-order valence-electron chi connectivity index (χ4n) is 3.48. The number of piperidine rings is 1. The molecule has 3 heteroatoms. The molecule has 1 aliphatic rings. The first-order valence-electron chi connectivity index (χ1n) is 7.30. The van der Waals surface area contributed by atoms with Crippen LogP contribution in [0, 0.1) is 17.3 Å². The molecule has 1 aliphatic heterocycles. The summed E-state index contributed by atoms with van der Waals surface area (Å²) in [5.41, 5.74) is 1.01. The Labute approximate surface area is 120 Å². The largest absolute Gasteiger partial charge is 0.296 e. The van der Waals surface area contributed by atoms with E-state index < -0.39 is 0 Å². The molecule has 2 rings (SSSR count). The van der Waals surface area contributed by atoms with Crippen molar-refractivity contribution in [1.29, 1.82) is 0 Å². The summed E-state index contributed by atoms with van der Waals surface area (Å²) in [5, 5.41) is 2.49. The minimum absolute atomic E-state index is 0.0936. The van der Waals surface area contributed by atoms with Crippen molar-refractivity contribution in [3.8, 4) is 0 Å². The lowest BCUT2D eigenvalue weighted by molar-refractivity contribution is -0.145. The Morgan fingerprint density at radius 3 is 2.50 bits per heavy atom. The van der Waals surface area contributed by atoms with Gasteiger partial charge in [-0.05, 0) is 29.7 Å². The first-order chi connectivity index (χ1) is 9.42. The second-order valence-corrected chi connectivity index (χ2v) is 6.45. The second kappa shape index (κ2) is 5.78. The van der Waals surface area contributed by atoms with E-state index in [1.807, 2.05) is 18.2 Å². The highest BCUT2D eigenvalue weighted by molar-refractivity contribution is 5.99. The quantitative estimate of drug-likeness (QED) is 0.857. The van der Waals surface area contributed by atoms with E-state index >= 15 is 0 Å². The molecule has 1 heterocycles. The van der Waals surface area contributed by atoms with Gasteiger partial charge in [0.05, 0.1) is 0 Å². The highest BCUT2D eigenvalue weighted by atomic mass is 16.2. The number of amides is 2. The van der Waals surface area contributed by atoms with Gasteiger partial charge in [0.2, 0.25) is 11.8 Å². The fraction of sp³-hybridized carbons (Fsp3) is 0.529. The third-order valence-corrected chi connectivity index (χ3v) is 4.35. The summed E-state index contributed by atoms with van der Waals surface area (Å²) in [5.74, 6) is -0.0953. The number of carbonyl (C=O) groups is 2. The molecule has 1 aromatic rings. The Morgan fingerprint density at radius 1 is 1.25 bits per heavy atom. The van der Waals surface area contributed by atoms with Gasteiger partial charge in [-0.2, -0.15) is 0 Å². The molecule has 0 bridgehead atoms. The Hall–Kier alpha value is -1.64. The van der Waals surface area contributed by atoms with Gasteiger partial charge in [-0.25, -0.2) is 0 Å². The Morgan fingerprint density at radius 2 is 1.90 bits per heavy atom. The number of carbonyl (C=O) groups excluding carboxylic acids is 2. The summed E-state index contributed by atoms with van der Waals surface area (Å²) < 4.78 is 0. The summed E-state index contributed by atoms with van der Waals surface area (Å²) in [4.78, 5) is 23.9. The van der Waals surface area contributed by atoms with Gasteiger partial charge in [-0.3, -0.25) is 14.9 Å². The van der Waals surface area contributed by atoms with Crippen LogP contribution in [0.1, 0.15) is 39.2 Å². The van der Waals surface area contributed by atoms with Gasteiger partial charge >= 0.3 is 0 Å². The molecule has 0 radical (unpaired) electrons. The van der Waals surface area contributed by atoms with Gasteiger partial charge in [-0.1, -0.05) is 51.1 Å². The Bertz CT molecular complexity index is 495. The van der Waals surface area contributed by atoms with E-state index in [9.17, 15) is 9.59 Å². The van der Waals surface area contributed by atoms with Crippen LogP contribution in [0.2, 0.25) is 0 Å². The smallest absolute Gasteiger partial charge is 0.230 e. The summed E-state index contributed by atoms with van der Waals surface area (Å²) in [7, 11) is 0. The van der Waals surface area contributed by atoms with Crippen LogP contribution in [0.3, 0.4) is 0 Å². The third kappa shape index (κ3) is 3.09. The number of hydrogen-bond donors (Lipinski definition) is 1. The molecule has 108 valence electrons. The highest BCUT2D eigenvalue weighted by Crippen LogP contribution is 2.42. The maximum atomic E-state index is 12.1. The number of aryl methyl sites for hydroxylation is 1. The molecule has 0 aliphatic carbocycles. The average Bonchev–Trinajstić information content (AvgIpc) is 2.36. The molecule has 2 unspecified atom stereocenters. The van der Waals surface area contributed by atoms with Gasteiger partial charge in [0, 0.05) is 12.3 Å². The molecule has 2 atom stereocenters. The van der Waals surface area contributed by atoms with Crippen LogP contribution in [-0.4, -0.2) is 11.8 Å². The lowest BCUT2D eigenvalue weighted by Crippen LogP contribution is -2.53. The number of nitrogens with one attached hydrogen (secondary N) is 1. The first kappa shape index (κ1) is 14.8. The monoisotopic (exact) mass is 273 g/mol. The molecular weight excluding hydrogens is 250 g/mol. The van der Waals surface area contributed by atoms with Crippen molar-refractivity contribution in [2.24, 2.45) is 17.3 Å². The SMILES string of the molecule is CC(C)C1C(=O)NC(=O)CC1(C)CCc1ccccc1. The zero-order valence-electron chi connectivity index (χ0n) is 12.5. The van der Waals surface area contributed by atoms with E-state index in [2.05, 4.69) is 38.2 Å². The standard InChI is InChI=1S/C17H23NO2/c1-12(2)15-16(20)18-14(19)11-17(15,3)10-9-13-7-5-4-6-8-13/h4-8,12,15H,9-11H2,1-3H3,(H,18,19,20). The van der Waals surface area contributed by atoms with Gasteiger partial charge in [0.25, 0.3) is 0 Å². The van der Waals surface area contributed by atoms with Gasteiger partial charge in [0.15, 0.2) is 0 Å². The van der Waals surface area contributed by atoms with Crippen LogP contribution < -0.4 is 5.32 Å². The van der Waals surface area contributed by atoms with E-state index in [0.29, 0.717) is 6.42 Å². The van der Waals surface area contributed by atoms with Crippen molar-refractivity contribution in [3.63, 3.8) is 0 Å². The van der Waals surface area contributed by atoms with Gasteiger partial charge in [0.1, 0.15) is 0 Å². The van der Waals surface area contributed by atoms with E-state index in [4.69, 9.17) is 0 Å². The lowest BCUT2D eigenvalue weighted by Gasteiger charge is -2.42. The molecule has 0 saturated carbocycles. The number of benzene rings is 1.